The molecule has 0 bridgehead atoms. The molecule has 2 heterocycles. The van der Waals surface area contributed by atoms with Gasteiger partial charge in [-0.25, -0.2) is 0 Å². The van der Waals surface area contributed by atoms with E-state index in [1.807, 2.05) is 35.1 Å². The van der Waals surface area contributed by atoms with Crippen LogP contribution in [0.4, 0.5) is 5.69 Å². The van der Waals surface area contributed by atoms with Crippen molar-refractivity contribution in [3.63, 3.8) is 0 Å². The van der Waals surface area contributed by atoms with Crippen LogP contribution in [0.15, 0.2) is 59.3 Å². The molecular weight excluding hydrogens is 264 g/mol. The van der Waals surface area contributed by atoms with E-state index in [1.54, 1.807) is 18.3 Å². The first kappa shape index (κ1) is 13.0. The fourth-order valence-electron chi connectivity index (χ4n) is 2.03. The van der Waals surface area contributed by atoms with Crippen molar-refractivity contribution >= 4 is 5.69 Å². The Hall–Kier alpha value is -3.00. The second-order valence-corrected chi connectivity index (χ2v) is 4.63. The highest BCUT2D eigenvalue weighted by Crippen LogP contribution is 2.13. The zero-order chi connectivity index (χ0) is 14.5. The minimum absolute atomic E-state index is 0.335. The zero-order valence-corrected chi connectivity index (χ0v) is 11.4. The molecule has 3 rings (SSSR count). The van der Waals surface area contributed by atoms with E-state index in [4.69, 9.17) is 9.68 Å². The van der Waals surface area contributed by atoms with Crippen molar-refractivity contribution in [3.05, 3.63) is 71.9 Å². The lowest BCUT2D eigenvalue weighted by Gasteiger charge is -2.06. The molecule has 104 valence electrons. The smallest absolute Gasteiger partial charge is 0.203 e. The van der Waals surface area contributed by atoms with Crippen molar-refractivity contribution in [2.24, 2.45) is 0 Å². The molecule has 1 aromatic carbocycles. The van der Waals surface area contributed by atoms with Crippen molar-refractivity contribution in [2.75, 3.05) is 5.32 Å². The summed E-state index contributed by atoms with van der Waals surface area (Å²) in [4.78, 5) is 0. The maximum Gasteiger partial charge on any atom is 0.203 e. The predicted octanol–water partition coefficient (Wildman–Crippen LogP) is 3.01. The third-order valence-electron chi connectivity index (χ3n) is 3.10. The Bertz CT molecular complexity index is 735. The van der Waals surface area contributed by atoms with Gasteiger partial charge in [-0.1, -0.05) is 12.1 Å². The molecule has 0 aliphatic carbocycles. The number of nitrogens with zero attached hydrogens (tertiary/aromatic N) is 3. The number of benzene rings is 1. The molecule has 0 aliphatic rings. The van der Waals surface area contributed by atoms with Gasteiger partial charge in [-0.15, -0.1) is 0 Å². The summed E-state index contributed by atoms with van der Waals surface area (Å²) in [6.45, 7) is 1.32. The SMILES string of the molecule is N#Cc1ccc(CNc2ccc(Cn3cccn3)cc2)o1. The Morgan fingerprint density at radius 1 is 1.19 bits per heavy atom. The summed E-state index contributed by atoms with van der Waals surface area (Å²) in [5.74, 6) is 1.08. The van der Waals surface area contributed by atoms with Crippen molar-refractivity contribution in [2.45, 2.75) is 13.1 Å². The highest BCUT2D eigenvalue weighted by molar-refractivity contribution is 5.44. The molecule has 21 heavy (non-hydrogen) atoms. The largest absolute Gasteiger partial charge is 0.449 e. The third kappa shape index (κ3) is 3.31. The van der Waals surface area contributed by atoms with Crippen LogP contribution in [-0.4, -0.2) is 9.78 Å². The van der Waals surface area contributed by atoms with E-state index >= 15 is 0 Å². The summed E-state index contributed by atoms with van der Waals surface area (Å²) < 4.78 is 7.20. The van der Waals surface area contributed by atoms with Crippen molar-refractivity contribution in [1.29, 1.82) is 5.26 Å². The molecule has 5 heteroatoms. The summed E-state index contributed by atoms with van der Waals surface area (Å²) in [6, 6.07) is 15.5. The van der Waals surface area contributed by atoms with Gasteiger partial charge >= 0.3 is 0 Å². The molecule has 0 aliphatic heterocycles. The number of hydrogen-bond donors (Lipinski definition) is 1. The molecular formula is C16H14N4O. The topological polar surface area (TPSA) is 66.8 Å². The second kappa shape index (κ2) is 5.97. The normalized spacial score (nSPS) is 10.2. The van der Waals surface area contributed by atoms with Gasteiger partial charge in [-0.3, -0.25) is 4.68 Å². The number of furan rings is 1. The molecule has 3 aromatic rings. The summed E-state index contributed by atoms with van der Waals surface area (Å²) in [6.07, 6.45) is 3.71. The van der Waals surface area contributed by atoms with Gasteiger partial charge in [0.25, 0.3) is 0 Å². The summed E-state index contributed by atoms with van der Waals surface area (Å²) in [5.41, 5.74) is 2.20. The van der Waals surface area contributed by atoms with Crippen LogP contribution >= 0.6 is 0 Å². The van der Waals surface area contributed by atoms with Crippen LogP contribution in [0.25, 0.3) is 0 Å². The maximum absolute atomic E-state index is 8.70. The van der Waals surface area contributed by atoms with Gasteiger partial charge in [0, 0.05) is 18.1 Å². The van der Waals surface area contributed by atoms with E-state index in [-0.39, 0.29) is 0 Å². The van der Waals surface area contributed by atoms with Gasteiger partial charge in [0.05, 0.1) is 13.1 Å². The number of anilines is 1. The first-order valence-electron chi connectivity index (χ1n) is 6.62. The van der Waals surface area contributed by atoms with Crippen LogP contribution in [0.5, 0.6) is 0 Å². The van der Waals surface area contributed by atoms with Gasteiger partial charge in [-0.2, -0.15) is 10.4 Å². The summed E-state index contributed by atoms with van der Waals surface area (Å²) >= 11 is 0. The quantitative estimate of drug-likeness (QED) is 0.779. The van der Waals surface area contributed by atoms with Gasteiger partial charge in [0.1, 0.15) is 11.8 Å². The van der Waals surface area contributed by atoms with Crippen LogP contribution < -0.4 is 5.32 Å². The number of nitrogens with one attached hydrogen (secondary N) is 1. The molecule has 0 unspecified atom stereocenters. The van der Waals surface area contributed by atoms with Crippen LogP contribution in [0.3, 0.4) is 0 Å². The highest BCUT2D eigenvalue weighted by Gasteiger charge is 2.01. The average Bonchev–Trinajstić information content (AvgIpc) is 3.18. The van der Waals surface area contributed by atoms with Crippen LogP contribution in [0.2, 0.25) is 0 Å². The Labute approximate surface area is 122 Å². The molecule has 5 nitrogen and oxygen atoms in total. The first-order chi connectivity index (χ1) is 10.3. The standard InChI is InChI=1S/C16H14N4O/c17-10-15-6-7-16(21-15)11-18-14-4-2-13(3-5-14)12-20-9-1-8-19-20/h1-9,18H,11-12H2. The van der Waals surface area contributed by atoms with E-state index < -0.39 is 0 Å². The van der Waals surface area contributed by atoms with Crippen LogP contribution in [0.1, 0.15) is 17.1 Å². The predicted molar refractivity (Wildman–Crippen MR) is 78.5 cm³/mol. The number of nitriles is 1. The average molecular weight is 278 g/mol. The van der Waals surface area contributed by atoms with Gasteiger partial charge in [0.2, 0.25) is 5.76 Å². The third-order valence-corrected chi connectivity index (χ3v) is 3.10. The first-order valence-corrected chi connectivity index (χ1v) is 6.62. The summed E-state index contributed by atoms with van der Waals surface area (Å²) in [5, 5.41) is 16.1. The Morgan fingerprint density at radius 2 is 2.05 bits per heavy atom. The molecule has 0 radical (unpaired) electrons. The van der Waals surface area contributed by atoms with Crippen molar-refractivity contribution in [3.8, 4) is 6.07 Å². The number of hydrogen-bond acceptors (Lipinski definition) is 4. The van der Waals surface area contributed by atoms with Gasteiger partial charge < -0.3 is 9.73 Å². The highest BCUT2D eigenvalue weighted by atomic mass is 16.3. The Balaban J connectivity index is 1.58. The molecule has 0 spiro atoms. The van der Waals surface area contributed by atoms with E-state index in [2.05, 4.69) is 22.5 Å². The minimum atomic E-state index is 0.335. The number of aromatic nitrogens is 2. The Kier molecular flexibility index (Phi) is 3.70. The lowest BCUT2D eigenvalue weighted by molar-refractivity contribution is 0.506. The summed E-state index contributed by atoms with van der Waals surface area (Å²) in [7, 11) is 0. The zero-order valence-electron chi connectivity index (χ0n) is 11.4. The molecule has 0 amide bonds. The number of rotatable bonds is 5. The fraction of sp³-hybridized carbons (Fsp3) is 0.125. The maximum atomic E-state index is 8.70. The van der Waals surface area contributed by atoms with E-state index in [0.717, 1.165) is 18.0 Å². The molecule has 0 saturated carbocycles. The second-order valence-electron chi connectivity index (χ2n) is 4.63. The monoisotopic (exact) mass is 278 g/mol. The molecule has 0 saturated heterocycles. The van der Waals surface area contributed by atoms with Crippen molar-refractivity contribution < 1.29 is 4.42 Å². The van der Waals surface area contributed by atoms with E-state index in [9.17, 15) is 0 Å². The van der Waals surface area contributed by atoms with Gasteiger partial charge in [-0.05, 0) is 35.9 Å². The molecule has 0 fully saturated rings. The molecule has 2 aromatic heterocycles. The van der Waals surface area contributed by atoms with Crippen LogP contribution in [-0.2, 0) is 13.1 Å². The van der Waals surface area contributed by atoms with Crippen molar-refractivity contribution in [1.82, 2.24) is 9.78 Å². The minimum Gasteiger partial charge on any atom is -0.449 e. The lowest BCUT2D eigenvalue weighted by Crippen LogP contribution is -2.01. The van der Waals surface area contributed by atoms with E-state index in [0.29, 0.717) is 12.3 Å². The van der Waals surface area contributed by atoms with Crippen LogP contribution in [0, 0.1) is 11.3 Å². The molecule has 1 N–H and O–H groups in total. The Morgan fingerprint density at radius 3 is 2.71 bits per heavy atom. The molecule has 0 atom stereocenters. The fourth-order valence-corrected chi connectivity index (χ4v) is 2.03. The van der Waals surface area contributed by atoms with Gasteiger partial charge in [0.15, 0.2) is 0 Å². The van der Waals surface area contributed by atoms with E-state index in [1.165, 1.54) is 5.56 Å². The lowest BCUT2D eigenvalue weighted by atomic mass is 10.2.